The molecule has 2 rings (SSSR count). The van der Waals surface area contributed by atoms with Gasteiger partial charge in [0.2, 0.25) is 5.89 Å². The Hall–Kier alpha value is -2.39. The lowest BCUT2D eigenvalue weighted by molar-refractivity contribution is 0.0675. The number of carboxylic acid groups (broad SMARTS) is 1. The summed E-state index contributed by atoms with van der Waals surface area (Å²) in [5, 5.41) is 19.0. The van der Waals surface area contributed by atoms with E-state index >= 15 is 0 Å². The van der Waals surface area contributed by atoms with E-state index in [4.69, 9.17) is 9.63 Å². The lowest BCUT2D eigenvalue weighted by atomic mass is 10.3. The minimum absolute atomic E-state index is 0.0668. The number of aromatic carboxylic acids is 1. The number of hydrogen-bond donors (Lipinski definition) is 1. The maximum Gasteiger partial charge on any atom is 0.358 e. The van der Waals surface area contributed by atoms with Gasteiger partial charge in [0.05, 0.1) is 0 Å². The Balaban J connectivity index is 2.26. The first-order chi connectivity index (χ1) is 9.52. The van der Waals surface area contributed by atoms with Gasteiger partial charge in [-0.25, -0.2) is 18.3 Å². The number of alkyl halides is 2. The van der Waals surface area contributed by atoms with Gasteiger partial charge in [0.25, 0.3) is 6.43 Å². The predicted molar refractivity (Wildman–Crippen MR) is 59.3 cm³/mol. The Bertz CT molecular complexity index is 610. The Labute approximate surface area is 111 Å². The lowest BCUT2D eigenvalue weighted by Crippen LogP contribution is -2.10. The molecule has 0 aliphatic rings. The zero-order valence-corrected chi connectivity index (χ0v) is 10.5. The van der Waals surface area contributed by atoms with Crippen molar-refractivity contribution in [2.24, 2.45) is 0 Å². The number of carbonyl (C=O) groups is 1. The van der Waals surface area contributed by atoms with Crippen molar-refractivity contribution in [1.82, 2.24) is 25.1 Å². The highest BCUT2D eigenvalue weighted by atomic mass is 19.3. The molecule has 2 heterocycles. The van der Waals surface area contributed by atoms with E-state index in [-0.39, 0.29) is 12.4 Å². The van der Waals surface area contributed by atoms with Gasteiger partial charge >= 0.3 is 5.97 Å². The smallest absolute Gasteiger partial charge is 0.358 e. The van der Waals surface area contributed by atoms with Gasteiger partial charge in [-0.3, -0.25) is 0 Å². The van der Waals surface area contributed by atoms with Crippen molar-refractivity contribution in [2.75, 3.05) is 0 Å². The quantitative estimate of drug-likeness (QED) is 0.853. The third-order valence-electron chi connectivity index (χ3n) is 2.45. The molecule has 0 aliphatic heterocycles. The molecule has 1 N–H and O–H groups in total. The molecule has 0 unspecified atom stereocenters. The summed E-state index contributed by atoms with van der Waals surface area (Å²) >= 11 is 0. The number of carboxylic acids is 1. The van der Waals surface area contributed by atoms with Gasteiger partial charge in [-0.05, 0) is 6.42 Å². The zero-order valence-electron chi connectivity index (χ0n) is 10.5. The van der Waals surface area contributed by atoms with E-state index in [1.165, 1.54) is 0 Å². The molecule has 0 fully saturated rings. The number of halogens is 2. The lowest BCUT2D eigenvalue weighted by Gasteiger charge is -2.02. The molecule has 108 valence electrons. The SMILES string of the molecule is CCCc1noc(Cn2nnc(C(=O)O)c2C(F)F)n1. The summed E-state index contributed by atoms with van der Waals surface area (Å²) in [7, 11) is 0. The van der Waals surface area contributed by atoms with Crippen LogP contribution in [-0.2, 0) is 13.0 Å². The van der Waals surface area contributed by atoms with Gasteiger partial charge in [-0.1, -0.05) is 17.3 Å². The molecule has 0 saturated heterocycles. The van der Waals surface area contributed by atoms with Crippen molar-refractivity contribution in [1.29, 1.82) is 0 Å². The van der Waals surface area contributed by atoms with Crippen molar-refractivity contribution in [2.45, 2.75) is 32.7 Å². The molecule has 20 heavy (non-hydrogen) atoms. The van der Waals surface area contributed by atoms with Crippen LogP contribution in [0.4, 0.5) is 8.78 Å². The number of rotatable bonds is 6. The van der Waals surface area contributed by atoms with E-state index in [2.05, 4.69) is 20.5 Å². The Morgan fingerprint density at radius 3 is 2.85 bits per heavy atom. The standard InChI is InChI=1S/C10H11F2N5O3/c1-2-3-5-13-6(20-15-5)4-17-8(9(11)12)7(10(18)19)14-16-17/h9H,2-4H2,1H3,(H,18,19). The molecule has 8 nitrogen and oxygen atoms in total. The average Bonchev–Trinajstić information content (AvgIpc) is 2.97. The largest absolute Gasteiger partial charge is 0.476 e. The van der Waals surface area contributed by atoms with E-state index in [9.17, 15) is 13.6 Å². The van der Waals surface area contributed by atoms with Crippen LogP contribution in [-0.4, -0.2) is 36.2 Å². The second kappa shape index (κ2) is 5.72. The summed E-state index contributed by atoms with van der Waals surface area (Å²) in [5.74, 6) is -1.04. The highest BCUT2D eigenvalue weighted by molar-refractivity contribution is 5.86. The van der Waals surface area contributed by atoms with Crippen LogP contribution >= 0.6 is 0 Å². The second-order valence-corrected chi connectivity index (χ2v) is 3.94. The number of aromatic nitrogens is 5. The molecule has 2 aromatic rings. The molecule has 0 aromatic carbocycles. The first-order valence-electron chi connectivity index (χ1n) is 5.79. The van der Waals surface area contributed by atoms with E-state index in [1.807, 2.05) is 6.92 Å². The fourth-order valence-electron chi connectivity index (χ4n) is 1.61. The molecule has 0 radical (unpaired) electrons. The highest BCUT2D eigenvalue weighted by Crippen LogP contribution is 2.22. The predicted octanol–water partition coefficient (Wildman–Crippen LogP) is 1.30. The van der Waals surface area contributed by atoms with Crippen LogP contribution in [0.2, 0.25) is 0 Å². The number of aryl methyl sites for hydroxylation is 1. The third-order valence-corrected chi connectivity index (χ3v) is 2.45. The van der Waals surface area contributed by atoms with Crippen molar-refractivity contribution in [3.05, 3.63) is 23.1 Å². The summed E-state index contributed by atoms with van der Waals surface area (Å²) in [6.07, 6.45) is -1.61. The minimum Gasteiger partial charge on any atom is -0.476 e. The van der Waals surface area contributed by atoms with Crippen molar-refractivity contribution in [3.63, 3.8) is 0 Å². The maximum absolute atomic E-state index is 12.9. The van der Waals surface area contributed by atoms with Gasteiger partial charge < -0.3 is 9.63 Å². The summed E-state index contributed by atoms with van der Waals surface area (Å²) < 4.78 is 31.4. The monoisotopic (exact) mass is 287 g/mol. The fraction of sp³-hybridized carbons (Fsp3) is 0.500. The molecule has 0 aliphatic carbocycles. The molecule has 0 spiro atoms. The van der Waals surface area contributed by atoms with Crippen LogP contribution in [0.1, 0.15) is 47.7 Å². The van der Waals surface area contributed by atoms with Gasteiger partial charge in [0, 0.05) is 6.42 Å². The molecule has 0 saturated carbocycles. The Morgan fingerprint density at radius 1 is 1.50 bits per heavy atom. The van der Waals surface area contributed by atoms with Gasteiger partial charge in [0.1, 0.15) is 12.2 Å². The van der Waals surface area contributed by atoms with Crippen molar-refractivity contribution in [3.8, 4) is 0 Å². The van der Waals surface area contributed by atoms with Crippen LogP contribution in [0, 0.1) is 0 Å². The van der Waals surface area contributed by atoms with Crippen LogP contribution < -0.4 is 0 Å². The summed E-state index contributed by atoms with van der Waals surface area (Å²) in [5.41, 5.74) is -1.57. The van der Waals surface area contributed by atoms with Crippen LogP contribution in [0.25, 0.3) is 0 Å². The molecule has 0 bridgehead atoms. The zero-order chi connectivity index (χ0) is 14.7. The van der Waals surface area contributed by atoms with Gasteiger partial charge in [-0.2, -0.15) is 4.98 Å². The first-order valence-corrected chi connectivity index (χ1v) is 5.79. The molecule has 0 amide bonds. The van der Waals surface area contributed by atoms with Gasteiger partial charge in [0.15, 0.2) is 11.5 Å². The normalized spacial score (nSPS) is 11.2. The second-order valence-electron chi connectivity index (χ2n) is 3.94. The third kappa shape index (κ3) is 2.78. The van der Waals surface area contributed by atoms with E-state index in [1.54, 1.807) is 0 Å². The van der Waals surface area contributed by atoms with Crippen LogP contribution in [0.15, 0.2) is 4.52 Å². The fourth-order valence-corrected chi connectivity index (χ4v) is 1.61. The van der Waals surface area contributed by atoms with E-state index < -0.39 is 23.8 Å². The highest BCUT2D eigenvalue weighted by Gasteiger charge is 2.27. The number of hydrogen-bond acceptors (Lipinski definition) is 6. The molecular formula is C10H11F2N5O3. The molecule has 10 heteroatoms. The number of nitrogens with zero attached hydrogens (tertiary/aromatic N) is 5. The van der Waals surface area contributed by atoms with Crippen LogP contribution in [0.5, 0.6) is 0 Å². The van der Waals surface area contributed by atoms with E-state index in [0.717, 1.165) is 11.1 Å². The molecule has 0 atom stereocenters. The van der Waals surface area contributed by atoms with Gasteiger partial charge in [-0.15, -0.1) is 5.10 Å². The Kier molecular flexibility index (Phi) is 4.01. The average molecular weight is 287 g/mol. The maximum atomic E-state index is 12.9. The summed E-state index contributed by atoms with van der Waals surface area (Å²) in [6, 6.07) is 0. The van der Waals surface area contributed by atoms with Crippen molar-refractivity contribution < 1.29 is 23.2 Å². The molecular weight excluding hydrogens is 276 g/mol. The Morgan fingerprint density at radius 2 is 2.25 bits per heavy atom. The summed E-state index contributed by atoms with van der Waals surface area (Å²) in [4.78, 5) is 14.8. The van der Waals surface area contributed by atoms with E-state index in [0.29, 0.717) is 12.2 Å². The minimum atomic E-state index is -3.02. The summed E-state index contributed by atoms with van der Waals surface area (Å²) in [6.45, 7) is 1.68. The van der Waals surface area contributed by atoms with Crippen LogP contribution in [0.3, 0.4) is 0 Å². The van der Waals surface area contributed by atoms with Crippen molar-refractivity contribution >= 4 is 5.97 Å². The molecule has 2 aromatic heterocycles. The first kappa shape index (κ1) is 14.0. The topological polar surface area (TPSA) is 107 Å².